The molecule has 45 heavy (non-hydrogen) atoms. The van der Waals surface area contributed by atoms with Gasteiger partial charge < -0.3 is 29.3 Å². The fourth-order valence-corrected chi connectivity index (χ4v) is 6.25. The minimum Gasteiger partial charge on any atom is -0.423 e. The molecule has 0 saturated heterocycles. The van der Waals surface area contributed by atoms with Crippen LogP contribution in [0.1, 0.15) is 33.6 Å². The molecular weight excluding hydrogens is 572 g/mol. The van der Waals surface area contributed by atoms with Gasteiger partial charge in [0.25, 0.3) is 5.91 Å². The van der Waals surface area contributed by atoms with E-state index in [9.17, 15) is 14.4 Å². The largest absolute Gasteiger partial charge is 0.423 e. The normalized spacial score (nSPS) is 12.0. The molecule has 232 valence electrons. The predicted octanol–water partition coefficient (Wildman–Crippen LogP) is 4.65. The van der Waals surface area contributed by atoms with Gasteiger partial charge in [0.05, 0.1) is 31.8 Å². The van der Waals surface area contributed by atoms with E-state index in [0.717, 1.165) is 55.8 Å². The third-order valence-electron chi connectivity index (χ3n) is 8.39. The topological polar surface area (TPSA) is 121 Å². The summed E-state index contributed by atoms with van der Waals surface area (Å²) in [5.41, 5.74) is 6.25. The van der Waals surface area contributed by atoms with E-state index in [0.29, 0.717) is 86.5 Å². The number of amides is 1. The fraction of sp³-hybridized carbons (Fsp3) is 0.306. The number of aldehydes is 1. The molecule has 1 heterocycles. The van der Waals surface area contributed by atoms with Gasteiger partial charge in [-0.25, -0.2) is 4.79 Å². The molecule has 2 N–H and O–H groups in total. The molecule has 1 aromatic heterocycles. The van der Waals surface area contributed by atoms with Crippen LogP contribution in [0.15, 0.2) is 57.7 Å². The van der Waals surface area contributed by atoms with E-state index in [4.69, 9.17) is 24.4 Å². The van der Waals surface area contributed by atoms with Gasteiger partial charge in [-0.2, -0.15) is 0 Å². The Balaban J connectivity index is 1.24. The number of rotatable bonds is 15. The summed E-state index contributed by atoms with van der Waals surface area (Å²) in [4.78, 5) is 40.5. The summed E-state index contributed by atoms with van der Waals surface area (Å²) in [5, 5.41) is 8.17. The van der Waals surface area contributed by atoms with E-state index in [1.807, 2.05) is 30.3 Å². The zero-order chi connectivity index (χ0) is 31.5. The number of carbonyl (C=O) groups is 2. The van der Waals surface area contributed by atoms with Gasteiger partial charge in [-0.15, -0.1) is 0 Å². The van der Waals surface area contributed by atoms with Crippen LogP contribution in [-0.2, 0) is 14.2 Å². The smallest absolute Gasteiger partial charge is 0.344 e. The van der Waals surface area contributed by atoms with Gasteiger partial charge in [-0.1, -0.05) is 36.9 Å². The Morgan fingerprint density at radius 3 is 1.91 bits per heavy atom. The van der Waals surface area contributed by atoms with Gasteiger partial charge in [0.2, 0.25) is 0 Å². The predicted molar refractivity (Wildman–Crippen MR) is 178 cm³/mol. The number of ether oxygens (including phenoxy) is 3. The van der Waals surface area contributed by atoms with Crippen LogP contribution in [-0.4, -0.2) is 76.9 Å². The van der Waals surface area contributed by atoms with Crippen molar-refractivity contribution < 1.29 is 28.2 Å². The molecule has 0 fully saturated rings. The summed E-state index contributed by atoms with van der Waals surface area (Å²) in [6.45, 7) is 8.17. The molecule has 1 amide bonds. The first-order chi connectivity index (χ1) is 22.0. The van der Waals surface area contributed by atoms with Crippen LogP contribution in [0, 0.1) is 0 Å². The third kappa shape index (κ3) is 5.64. The minimum atomic E-state index is -0.425. The van der Waals surface area contributed by atoms with Crippen LogP contribution in [0.5, 0.6) is 0 Å². The first-order valence-electron chi connectivity index (χ1n) is 15.2. The standard InChI is InChI=1S/C36H36N2O7/c1-22-24-7-8-27-26-9-11-29(35(40)38(2)14-4-16-43-18-20-44-19-17-42-15-3-13-37)31-23(21-39)5-6-25(33(26)31)28-10-12-30(36(41)45-22)32(24)34(27)28/h5-12,21H,1,3-4,13-20,37H2,2H3. The highest BCUT2D eigenvalue weighted by Gasteiger charge is 2.23. The van der Waals surface area contributed by atoms with Crippen LogP contribution < -0.4 is 16.8 Å². The summed E-state index contributed by atoms with van der Waals surface area (Å²) in [6, 6.07) is 15.0. The molecule has 5 aromatic carbocycles. The van der Waals surface area contributed by atoms with Crippen molar-refractivity contribution in [1.29, 1.82) is 0 Å². The second-order valence-corrected chi connectivity index (χ2v) is 11.2. The molecule has 6 aromatic rings. The number of hydrogen-bond acceptors (Lipinski definition) is 8. The lowest BCUT2D eigenvalue weighted by Gasteiger charge is -2.21. The van der Waals surface area contributed by atoms with Crippen LogP contribution in [0.3, 0.4) is 0 Å². The molecule has 9 nitrogen and oxygen atoms in total. The van der Waals surface area contributed by atoms with E-state index >= 15 is 0 Å². The Kier molecular flexibility index (Phi) is 9.04. The molecule has 0 atom stereocenters. The monoisotopic (exact) mass is 608 g/mol. The Hall–Kier alpha value is -4.41. The van der Waals surface area contributed by atoms with Crippen molar-refractivity contribution in [3.05, 3.63) is 75.5 Å². The number of fused-ring (bicyclic) bond motifs is 2. The second kappa shape index (κ2) is 13.3. The molecule has 6 rings (SSSR count). The first-order valence-corrected chi connectivity index (χ1v) is 15.2. The summed E-state index contributed by atoms with van der Waals surface area (Å²) >= 11 is 0. The molecule has 0 aliphatic rings. The van der Waals surface area contributed by atoms with Gasteiger partial charge in [-0.3, -0.25) is 9.59 Å². The lowest BCUT2D eigenvalue weighted by Crippen LogP contribution is -2.29. The SMILES string of the molecule is C=c1oc(=O)c2ccc3c4ccc(C=O)c5c(C(=O)N(C)CCCOCCOCCOCCCN)ccc(c6ccc1c2c63)c54. The van der Waals surface area contributed by atoms with Crippen molar-refractivity contribution in [2.24, 2.45) is 5.73 Å². The van der Waals surface area contributed by atoms with E-state index in [2.05, 4.69) is 6.58 Å². The average Bonchev–Trinajstić information content (AvgIpc) is 3.05. The minimum absolute atomic E-state index is 0.171. The molecule has 0 aliphatic heterocycles. The maximum atomic E-state index is 13.8. The highest BCUT2D eigenvalue weighted by atomic mass is 16.5. The molecule has 9 heteroatoms. The highest BCUT2D eigenvalue weighted by Crippen LogP contribution is 2.43. The van der Waals surface area contributed by atoms with Gasteiger partial charge >= 0.3 is 5.63 Å². The molecule has 0 aliphatic carbocycles. The quantitative estimate of drug-likeness (QED) is 0.0775. The Bertz CT molecular complexity index is 2040. The van der Waals surface area contributed by atoms with E-state index in [1.165, 1.54) is 0 Å². The lowest BCUT2D eigenvalue weighted by atomic mass is 9.85. The van der Waals surface area contributed by atoms with Gasteiger partial charge in [-0.05, 0) is 69.9 Å². The van der Waals surface area contributed by atoms with Gasteiger partial charge in [0.15, 0.2) is 6.29 Å². The highest BCUT2D eigenvalue weighted by molar-refractivity contribution is 6.38. The Labute approximate surface area is 259 Å². The number of nitrogens with two attached hydrogens (primary N) is 1. The van der Waals surface area contributed by atoms with Crippen LogP contribution in [0.4, 0.5) is 0 Å². The maximum Gasteiger partial charge on any atom is 0.344 e. The number of benzene rings is 5. The van der Waals surface area contributed by atoms with Gasteiger partial charge in [0.1, 0.15) is 5.42 Å². The molecule has 0 radical (unpaired) electrons. The summed E-state index contributed by atoms with van der Waals surface area (Å²) < 4.78 is 22.0. The number of hydrogen-bond donors (Lipinski definition) is 1. The first kappa shape index (κ1) is 30.6. The number of nitrogens with zero attached hydrogens (tertiary/aromatic N) is 1. The van der Waals surface area contributed by atoms with E-state index in [-0.39, 0.29) is 5.91 Å². The van der Waals surface area contributed by atoms with Crippen LogP contribution in [0.2, 0.25) is 0 Å². The Morgan fingerprint density at radius 1 is 0.756 bits per heavy atom. The van der Waals surface area contributed by atoms with Crippen molar-refractivity contribution in [3.8, 4) is 0 Å². The molecule has 0 bridgehead atoms. The van der Waals surface area contributed by atoms with Crippen LogP contribution >= 0.6 is 0 Å². The molecule has 0 spiro atoms. The number of carbonyl (C=O) groups excluding carboxylic acids is 2. The van der Waals surface area contributed by atoms with Crippen molar-refractivity contribution in [3.63, 3.8) is 0 Å². The lowest BCUT2D eigenvalue weighted by molar-refractivity contribution is 0.0132. The zero-order valence-electron chi connectivity index (χ0n) is 25.4. The molecular formula is C36H36N2O7. The fourth-order valence-electron chi connectivity index (χ4n) is 6.25. The third-order valence-corrected chi connectivity index (χ3v) is 8.39. The molecule has 0 saturated carbocycles. The van der Waals surface area contributed by atoms with Crippen molar-refractivity contribution >= 4 is 72.6 Å². The van der Waals surface area contributed by atoms with E-state index in [1.54, 1.807) is 30.1 Å². The second-order valence-electron chi connectivity index (χ2n) is 11.2. The average molecular weight is 609 g/mol. The molecule has 0 unspecified atom stereocenters. The summed E-state index contributed by atoms with van der Waals surface area (Å²) in [7, 11) is 1.76. The van der Waals surface area contributed by atoms with Crippen molar-refractivity contribution in [2.75, 3.05) is 59.8 Å². The van der Waals surface area contributed by atoms with Crippen molar-refractivity contribution in [1.82, 2.24) is 4.90 Å². The maximum absolute atomic E-state index is 13.8. The zero-order valence-corrected chi connectivity index (χ0v) is 25.4. The summed E-state index contributed by atoms with van der Waals surface area (Å²) in [6.07, 6.45) is 2.29. The summed E-state index contributed by atoms with van der Waals surface area (Å²) in [5.74, 6) is -0.171. The van der Waals surface area contributed by atoms with Gasteiger partial charge in [0, 0.05) is 54.1 Å². The van der Waals surface area contributed by atoms with Crippen molar-refractivity contribution in [2.45, 2.75) is 12.8 Å². The van der Waals surface area contributed by atoms with E-state index < -0.39 is 5.63 Å². The van der Waals surface area contributed by atoms with Crippen LogP contribution in [0.25, 0.3) is 60.4 Å². The Morgan fingerprint density at radius 2 is 1.27 bits per heavy atom.